The summed E-state index contributed by atoms with van der Waals surface area (Å²) < 4.78 is 63.3. The van der Waals surface area contributed by atoms with Crippen molar-refractivity contribution in [2.45, 2.75) is 176 Å². The van der Waals surface area contributed by atoms with Crippen molar-refractivity contribution in [1.29, 1.82) is 0 Å². The number of carbonyl (C=O) groups is 8. The quantitative estimate of drug-likeness (QED) is 0.0324. The fourth-order valence-corrected chi connectivity index (χ4v) is 11.4. The Balaban J connectivity index is 0.000000338. The SMILES string of the molecule is C.CC(C)(C)OC(=O)N[C@@H](Cc1ccc(-c2ccccc2)cc1)C(=O)O.CC(C)(C)OC(=O)N[C@@H](Cc1ccc(-c2ccccc2)cc1)C(=O)OCc1ccccc1.CN(C(=O)OC(C)(C)C)[C@@H](Cc1ccc(-c2ccccc2)cc1)C(=O)O.CN(C(=O)OC(C)(C)C)[C@@H](Cc1ccc(-c2ccccc2)cc1)C(=O)OCc1ccccc1.[2H]CF.[2H]CF. The number of nitrogens with one attached hydrogen (secondary N) is 2. The van der Waals surface area contributed by atoms with Gasteiger partial charge in [-0.3, -0.25) is 18.6 Å². The van der Waals surface area contributed by atoms with E-state index in [-0.39, 0.29) is 33.5 Å². The van der Waals surface area contributed by atoms with Crippen LogP contribution in [0.15, 0.2) is 279 Å². The molecule has 644 valence electrons. The molecule has 10 aromatic carbocycles. The van der Waals surface area contributed by atoms with Gasteiger partial charge in [-0.05, 0) is 161 Å². The van der Waals surface area contributed by atoms with E-state index in [1.807, 2.05) is 267 Å². The summed E-state index contributed by atoms with van der Waals surface area (Å²) >= 11 is 0. The zero-order chi connectivity index (χ0) is 90.0. The number of alkyl carbamates (subject to hydrolysis) is 2. The number of carboxylic acids is 2. The van der Waals surface area contributed by atoms with E-state index in [2.05, 4.69) is 22.8 Å². The van der Waals surface area contributed by atoms with E-state index in [0.29, 0.717) is 12.8 Å². The van der Waals surface area contributed by atoms with Crippen molar-refractivity contribution >= 4 is 48.3 Å². The highest BCUT2D eigenvalue weighted by molar-refractivity contribution is 5.84. The van der Waals surface area contributed by atoms with Crippen LogP contribution in [0.5, 0.6) is 0 Å². The molecule has 4 atom stereocenters. The van der Waals surface area contributed by atoms with Crippen molar-refractivity contribution in [3.63, 3.8) is 0 Å². The Kier molecular flexibility index (Phi) is 40.1. The van der Waals surface area contributed by atoms with E-state index in [0.717, 1.165) is 82.8 Å². The third kappa shape index (κ3) is 37.7. The van der Waals surface area contributed by atoms with E-state index in [1.165, 1.54) is 11.9 Å². The molecule has 4 amide bonds. The molecule has 0 spiro atoms. The fourth-order valence-electron chi connectivity index (χ4n) is 11.4. The molecule has 20 nitrogen and oxygen atoms in total. The minimum Gasteiger partial charge on any atom is -0.480 e. The number of carboxylic acid groups (broad SMARTS) is 2. The van der Waals surface area contributed by atoms with Gasteiger partial charge in [0.15, 0.2) is 0 Å². The van der Waals surface area contributed by atoms with E-state index < -0.39 is 109 Å². The molecule has 0 saturated carbocycles. The zero-order valence-electron chi connectivity index (χ0n) is 72.8. The molecule has 0 aliphatic heterocycles. The predicted octanol–water partition coefficient (Wildman–Crippen LogP) is 21.3. The second-order valence-corrected chi connectivity index (χ2v) is 31.5. The highest BCUT2D eigenvalue weighted by atomic mass is 19.1. The van der Waals surface area contributed by atoms with E-state index in [9.17, 15) is 57.4 Å². The molecule has 0 saturated heterocycles. The molecular weight excluding hydrogens is 1540 g/mol. The first-order valence-electron chi connectivity index (χ1n) is 40.2. The molecule has 0 aliphatic carbocycles. The van der Waals surface area contributed by atoms with Gasteiger partial charge in [-0.2, -0.15) is 0 Å². The normalized spacial score (nSPS) is 11.9. The Labute approximate surface area is 715 Å². The number of hydrogen-bond donors (Lipinski definition) is 4. The van der Waals surface area contributed by atoms with E-state index in [1.54, 1.807) is 90.1 Å². The molecule has 0 radical (unpaired) electrons. The monoisotopic (exact) mass is 1660 g/mol. The molecule has 10 rings (SSSR count). The number of ether oxygens (including phenoxy) is 6. The largest absolute Gasteiger partial charge is 0.480 e. The van der Waals surface area contributed by atoms with Crippen LogP contribution in [0.2, 0.25) is 0 Å². The van der Waals surface area contributed by atoms with Gasteiger partial charge in [-0.1, -0.05) is 286 Å². The number of aliphatic carboxylic acids is 2. The summed E-state index contributed by atoms with van der Waals surface area (Å²) in [6.07, 6.45) is -1.60. The number of alkyl halides is 2. The molecule has 0 aliphatic rings. The number of nitrogens with zero attached hydrogens (tertiary/aromatic N) is 2. The molecule has 121 heavy (non-hydrogen) atoms. The van der Waals surface area contributed by atoms with Crippen molar-refractivity contribution in [1.82, 2.24) is 20.4 Å². The summed E-state index contributed by atoms with van der Waals surface area (Å²) in [5, 5.41) is 24.0. The van der Waals surface area contributed by atoms with Crippen LogP contribution in [-0.4, -0.2) is 143 Å². The maximum Gasteiger partial charge on any atom is 0.410 e. The van der Waals surface area contributed by atoms with Gasteiger partial charge in [0.05, 0.1) is 17.0 Å². The highest BCUT2D eigenvalue weighted by Crippen LogP contribution is 2.27. The number of likely N-dealkylation sites (N-methyl/N-ethyl adjacent to an activating group) is 2. The smallest absolute Gasteiger partial charge is 0.410 e. The molecule has 0 unspecified atom stereocenters. The first-order valence-corrected chi connectivity index (χ1v) is 38.8. The average molecular weight is 1660 g/mol. The molecule has 22 heteroatoms. The molecule has 0 bridgehead atoms. The summed E-state index contributed by atoms with van der Waals surface area (Å²) in [7, 11) is 1.02. The summed E-state index contributed by atoms with van der Waals surface area (Å²) in [6.45, 7) is 21.4. The lowest BCUT2D eigenvalue weighted by molar-refractivity contribution is -0.151. The van der Waals surface area contributed by atoms with Crippen LogP contribution in [-0.2, 0) is 86.5 Å². The van der Waals surface area contributed by atoms with Gasteiger partial charge >= 0.3 is 48.3 Å². The average Bonchev–Trinajstić information content (AvgIpc) is 0.839. The van der Waals surface area contributed by atoms with Gasteiger partial charge < -0.3 is 49.3 Å². The number of hydrogen-bond acceptors (Lipinski definition) is 14. The van der Waals surface area contributed by atoms with Crippen LogP contribution in [0.25, 0.3) is 44.5 Å². The second-order valence-electron chi connectivity index (χ2n) is 31.5. The van der Waals surface area contributed by atoms with Crippen LogP contribution in [0.1, 0.15) is 127 Å². The van der Waals surface area contributed by atoms with Gasteiger partial charge in [-0.25, -0.2) is 38.4 Å². The minimum absolute atomic E-state index is 0. The Hall–Kier alpha value is -13.0. The fraction of sp³-hybridized carbons (Fsp3) is 0.313. The Morgan fingerprint density at radius 3 is 0.826 bits per heavy atom. The topological polar surface area (TPSA) is 263 Å². The Bertz CT molecular complexity index is 4790. The summed E-state index contributed by atoms with van der Waals surface area (Å²) in [6, 6.07) is 86.4. The number of halogens is 2. The minimum atomic E-state index is -1.10. The van der Waals surface area contributed by atoms with Gasteiger partial charge in [0.2, 0.25) is 0 Å². The number of carbonyl (C=O) groups excluding carboxylic acids is 6. The lowest BCUT2D eigenvalue weighted by Crippen LogP contribution is -2.46. The van der Waals surface area contributed by atoms with E-state index in [4.69, 9.17) is 31.2 Å². The first kappa shape index (κ1) is 96.9. The highest BCUT2D eigenvalue weighted by Gasteiger charge is 2.34. The molecule has 4 N–H and O–H groups in total. The van der Waals surface area contributed by atoms with Gasteiger partial charge in [0.1, 0.15) is 59.8 Å². The van der Waals surface area contributed by atoms with E-state index >= 15 is 0 Å². The molecular formula is C99H118F2N4O16. The molecule has 0 heterocycles. The van der Waals surface area contributed by atoms with Crippen LogP contribution >= 0.6 is 0 Å². The third-order valence-corrected chi connectivity index (χ3v) is 17.2. The predicted molar refractivity (Wildman–Crippen MR) is 473 cm³/mol. The molecule has 0 aromatic heterocycles. The number of rotatable bonds is 24. The number of amides is 4. The standard InChI is InChI=1S/C28H31NO4.C27H29NO4.C21H25NO4.C20H23NO4.2CH3F.CH4/c1-28(2,3)33-27(31)29(4)25(26(30)32-20-22-11-7-5-8-12-22)19-21-15-17-24(18-16-21)23-13-9-6-10-14-23;1-27(2,3)32-26(30)28-24(25(29)31-19-21-10-6-4-7-11-21)18-20-14-16-23(17-15-20)22-12-8-5-9-13-22;1-21(2,3)26-20(25)22(4)18(19(23)24)14-15-10-12-17(13-11-15)16-8-6-5-7-9-16;1-20(2,3)25-19(24)21-17(18(22)23)13-14-9-11-16(12-10-14)15-7-5-4-6-8-15;2*1-2;/h5-18,25H,19-20H2,1-4H3;4-17,24H,18-19H2,1-3H3,(H,28,30);5-13,18H,14H2,1-4H3,(H,23,24);4-12,17H,13H2,1-3H3,(H,21,24)(H,22,23);2*1H3;1H4/t25-;24-;18-;17-;;;/m0000.../s1/i;;;;2*1D;. The zero-order valence-corrected chi connectivity index (χ0v) is 70.8. The Morgan fingerprint density at radius 1 is 0.322 bits per heavy atom. The maximum absolute atomic E-state index is 13.0. The van der Waals surface area contributed by atoms with Crippen LogP contribution in [0.4, 0.5) is 28.0 Å². The van der Waals surface area contributed by atoms with Crippen LogP contribution in [0, 0.1) is 0 Å². The number of esters is 2. The summed E-state index contributed by atoms with van der Waals surface area (Å²) in [5.41, 5.74) is 11.3. The third-order valence-electron chi connectivity index (χ3n) is 17.2. The van der Waals surface area contributed by atoms with Crippen molar-refractivity contribution in [2.75, 3.05) is 28.4 Å². The van der Waals surface area contributed by atoms with Crippen LogP contribution < -0.4 is 10.6 Å². The van der Waals surface area contributed by atoms with Gasteiger partial charge in [0, 0.05) is 39.8 Å². The maximum atomic E-state index is 13.0. The van der Waals surface area contributed by atoms with Gasteiger partial charge in [-0.15, -0.1) is 0 Å². The van der Waals surface area contributed by atoms with Crippen molar-refractivity contribution < 1.29 is 88.5 Å². The molecule has 0 fully saturated rings. The van der Waals surface area contributed by atoms with Crippen molar-refractivity contribution in [2.24, 2.45) is 0 Å². The lowest BCUT2D eigenvalue weighted by Gasteiger charge is -2.29. The lowest BCUT2D eigenvalue weighted by atomic mass is 10.0. The molecule has 10 aromatic rings. The second kappa shape index (κ2) is 50.1. The van der Waals surface area contributed by atoms with Crippen molar-refractivity contribution in [3.8, 4) is 44.5 Å². The number of benzene rings is 10. The first-order chi connectivity index (χ1) is 57.8. The van der Waals surface area contributed by atoms with Gasteiger partial charge in [0.25, 0.3) is 0 Å². The van der Waals surface area contributed by atoms with Crippen molar-refractivity contribution in [3.05, 3.63) is 312 Å². The summed E-state index contributed by atoms with van der Waals surface area (Å²) in [4.78, 5) is 100. The Morgan fingerprint density at radius 2 is 0.554 bits per heavy atom. The summed E-state index contributed by atoms with van der Waals surface area (Å²) in [5.74, 6) is -3.14. The van der Waals surface area contributed by atoms with Crippen LogP contribution in [0.3, 0.4) is 0 Å².